The van der Waals surface area contributed by atoms with E-state index >= 15 is 0 Å². The van der Waals surface area contributed by atoms with Crippen LogP contribution >= 0.6 is 0 Å². The number of nitrogens with zero attached hydrogens (tertiary/aromatic N) is 2. The van der Waals surface area contributed by atoms with Gasteiger partial charge in [0.05, 0.1) is 0 Å². The molecule has 0 radical (unpaired) electrons. The quantitative estimate of drug-likeness (QED) is 0.730. The van der Waals surface area contributed by atoms with Crippen molar-refractivity contribution in [3.8, 4) is 0 Å². The molecule has 0 saturated carbocycles. The first-order valence-electron chi connectivity index (χ1n) is 7.84. The van der Waals surface area contributed by atoms with E-state index in [1.807, 2.05) is 0 Å². The number of likely N-dealkylation sites (tertiary alicyclic amines) is 1. The van der Waals surface area contributed by atoms with Gasteiger partial charge in [-0.1, -0.05) is 13.8 Å². The van der Waals surface area contributed by atoms with Crippen LogP contribution in [-0.4, -0.2) is 61.2 Å². The van der Waals surface area contributed by atoms with E-state index in [2.05, 4.69) is 36.0 Å². The molecule has 2 fully saturated rings. The van der Waals surface area contributed by atoms with Gasteiger partial charge in [0.15, 0.2) is 0 Å². The molecule has 0 aliphatic carbocycles. The molecule has 2 atom stereocenters. The normalized spacial score (nSPS) is 30.0. The Hall–Kier alpha value is -0.120. The molecule has 2 heterocycles. The monoisotopic (exact) mass is 253 g/mol. The molecule has 3 heteroatoms. The molecular formula is C15H31N3. The van der Waals surface area contributed by atoms with E-state index in [1.165, 1.54) is 58.3 Å². The molecule has 106 valence electrons. The molecule has 0 spiro atoms. The van der Waals surface area contributed by atoms with Crippen LogP contribution in [0.15, 0.2) is 0 Å². The zero-order chi connectivity index (χ0) is 13.0. The molecule has 2 unspecified atom stereocenters. The second-order valence-corrected chi connectivity index (χ2v) is 6.46. The molecule has 2 bridgehead atoms. The summed E-state index contributed by atoms with van der Waals surface area (Å²) in [7, 11) is 2.33. The molecule has 2 aliphatic rings. The van der Waals surface area contributed by atoms with Crippen LogP contribution in [0.2, 0.25) is 0 Å². The van der Waals surface area contributed by atoms with Gasteiger partial charge in [0, 0.05) is 24.7 Å². The van der Waals surface area contributed by atoms with Crippen LogP contribution in [0, 0.1) is 0 Å². The molecule has 18 heavy (non-hydrogen) atoms. The standard InChI is InChI=1S/C15H31N3/c1-13(2)16-9-4-5-10-18-11-8-14-6-7-15(12-18)17(14)3/h13-16H,4-12H2,1-3H3. The third kappa shape index (κ3) is 3.94. The Morgan fingerprint density at radius 2 is 1.89 bits per heavy atom. The van der Waals surface area contributed by atoms with Crippen molar-refractivity contribution < 1.29 is 0 Å². The predicted octanol–water partition coefficient (Wildman–Crippen LogP) is 1.93. The predicted molar refractivity (Wildman–Crippen MR) is 78.0 cm³/mol. The fourth-order valence-corrected chi connectivity index (χ4v) is 3.43. The molecule has 2 saturated heterocycles. The number of hydrogen-bond acceptors (Lipinski definition) is 3. The van der Waals surface area contributed by atoms with Crippen molar-refractivity contribution in [3.63, 3.8) is 0 Å². The molecule has 0 aromatic heterocycles. The van der Waals surface area contributed by atoms with Gasteiger partial charge < -0.3 is 10.2 Å². The lowest BCUT2D eigenvalue weighted by Gasteiger charge is -2.25. The molecule has 3 nitrogen and oxygen atoms in total. The van der Waals surface area contributed by atoms with Crippen LogP contribution in [0.4, 0.5) is 0 Å². The van der Waals surface area contributed by atoms with Crippen LogP contribution in [0.1, 0.15) is 46.0 Å². The third-order valence-corrected chi connectivity index (χ3v) is 4.69. The fourth-order valence-electron chi connectivity index (χ4n) is 3.43. The number of nitrogens with one attached hydrogen (secondary N) is 1. The summed E-state index contributed by atoms with van der Waals surface area (Å²) in [6, 6.07) is 2.35. The average Bonchev–Trinajstić information content (AvgIpc) is 2.55. The van der Waals surface area contributed by atoms with Crippen molar-refractivity contribution in [2.24, 2.45) is 0 Å². The second kappa shape index (κ2) is 6.88. The van der Waals surface area contributed by atoms with E-state index in [4.69, 9.17) is 0 Å². The summed E-state index contributed by atoms with van der Waals surface area (Å²) in [5.74, 6) is 0. The maximum absolute atomic E-state index is 3.50. The first kappa shape index (κ1) is 14.3. The summed E-state index contributed by atoms with van der Waals surface area (Å²) in [6.07, 6.45) is 6.91. The molecule has 2 rings (SSSR count). The topological polar surface area (TPSA) is 18.5 Å². The van der Waals surface area contributed by atoms with Crippen molar-refractivity contribution in [2.45, 2.75) is 64.1 Å². The van der Waals surface area contributed by atoms with E-state index in [0.717, 1.165) is 12.1 Å². The van der Waals surface area contributed by atoms with E-state index in [0.29, 0.717) is 6.04 Å². The van der Waals surface area contributed by atoms with Gasteiger partial charge in [0.2, 0.25) is 0 Å². The highest BCUT2D eigenvalue weighted by atomic mass is 15.3. The zero-order valence-electron chi connectivity index (χ0n) is 12.5. The van der Waals surface area contributed by atoms with E-state index < -0.39 is 0 Å². The Morgan fingerprint density at radius 3 is 2.67 bits per heavy atom. The fraction of sp³-hybridized carbons (Fsp3) is 1.00. The maximum atomic E-state index is 3.50. The minimum Gasteiger partial charge on any atom is -0.315 e. The summed E-state index contributed by atoms with van der Waals surface area (Å²) in [6.45, 7) is 9.56. The summed E-state index contributed by atoms with van der Waals surface area (Å²) >= 11 is 0. The lowest BCUT2D eigenvalue weighted by atomic mass is 10.1. The van der Waals surface area contributed by atoms with Gasteiger partial charge in [-0.05, 0) is 58.8 Å². The molecule has 0 aromatic rings. The highest BCUT2D eigenvalue weighted by Crippen LogP contribution is 2.28. The van der Waals surface area contributed by atoms with Gasteiger partial charge in [-0.2, -0.15) is 0 Å². The van der Waals surface area contributed by atoms with Crippen LogP contribution in [-0.2, 0) is 0 Å². The molecule has 0 amide bonds. The van der Waals surface area contributed by atoms with Gasteiger partial charge in [0.25, 0.3) is 0 Å². The lowest BCUT2D eigenvalue weighted by molar-refractivity contribution is 0.217. The molecule has 1 N–H and O–H groups in total. The Balaban J connectivity index is 1.62. The largest absolute Gasteiger partial charge is 0.315 e. The van der Waals surface area contributed by atoms with Crippen molar-refractivity contribution in [2.75, 3.05) is 33.2 Å². The minimum atomic E-state index is 0.632. The second-order valence-electron chi connectivity index (χ2n) is 6.46. The smallest absolute Gasteiger partial charge is 0.0223 e. The van der Waals surface area contributed by atoms with Crippen LogP contribution < -0.4 is 5.32 Å². The van der Waals surface area contributed by atoms with Crippen molar-refractivity contribution >= 4 is 0 Å². The highest BCUT2D eigenvalue weighted by molar-refractivity contribution is 4.90. The number of unbranched alkanes of at least 4 members (excludes halogenated alkanes) is 1. The summed E-state index contributed by atoms with van der Waals surface area (Å²) in [4.78, 5) is 5.34. The number of hydrogen-bond donors (Lipinski definition) is 1. The average molecular weight is 253 g/mol. The number of likely N-dealkylation sites (N-methyl/N-ethyl adjacent to an activating group) is 1. The van der Waals surface area contributed by atoms with Crippen molar-refractivity contribution in [1.29, 1.82) is 0 Å². The highest BCUT2D eigenvalue weighted by Gasteiger charge is 2.34. The summed E-state index contributed by atoms with van der Waals surface area (Å²) < 4.78 is 0. The number of rotatable bonds is 6. The molecule has 0 aromatic carbocycles. The van der Waals surface area contributed by atoms with Gasteiger partial charge in [-0.3, -0.25) is 4.90 Å². The van der Waals surface area contributed by atoms with Crippen molar-refractivity contribution in [1.82, 2.24) is 15.1 Å². The molecular weight excluding hydrogens is 222 g/mol. The van der Waals surface area contributed by atoms with E-state index in [9.17, 15) is 0 Å². The Bertz CT molecular complexity index is 242. The summed E-state index contributed by atoms with van der Waals surface area (Å²) in [5.41, 5.74) is 0. The zero-order valence-corrected chi connectivity index (χ0v) is 12.5. The Labute approximate surface area is 113 Å². The van der Waals surface area contributed by atoms with Gasteiger partial charge >= 0.3 is 0 Å². The minimum absolute atomic E-state index is 0.632. The third-order valence-electron chi connectivity index (χ3n) is 4.69. The van der Waals surface area contributed by atoms with Crippen LogP contribution in [0.5, 0.6) is 0 Å². The lowest BCUT2D eigenvalue weighted by Crippen LogP contribution is -2.37. The SMILES string of the molecule is CC(C)NCCCCN1CCC2CCC(C1)N2C. The van der Waals surface area contributed by atoms with Crippen LogP contribution in [0.25, 0.3) is 0 Å². The van der Waals surface area contributed by atoms with Gasteiger partial charge in [-0.15, -0.1) is 0 Å². The molecule has 2 aliphatic heterocycles. The van der Waals surface area contributed by atoms with Gasteiger partial charge in [-0.25, -0.2) is 0 Å². The van der Waals surface area contributed by atoms with Crippen molar-refractivity contribution in [3.05, 3.63) is 0 Å². The van der Waals surface area contributed by atoms with Crippen LogP contribution in [0.3, 0.4) is 0 Å². The first-order chi connectivity index (χ1) is 8.66. The Kier molecular flexibility index (Phi) is 5.46. The first-order valence-corrected chi connectivity index (χ1v) is 7.84. The number of fused-ring (bicyclic) bond motifs is 2. The van der Waals surface area contributed by atoms with E-state index in [-0.39, 0.29) is 0 Å². The Morgan fingerprint density at radius 1 is 1.11 bits per heavy atom. The maximum Gasteiger partial charge on any atom is 0.0223 e. The van der Waals surface area contributed by atoms with Gasteiger partial charge in [0.1, 0.15) is 0 Å². The summed E-state index contributed by atoms with van der Waals surface area (Å²) in [5, 5.41) is 3.50. The van der Waals surface area contributed by atoms with E-state index in [1.54, 1.807) is 0 Å².